The number of carbonyl (C=O) groups excluding carboxylic acids is 2. The van der Waals surface area contributed by atoms with Crippen molar-refractivity contribution in [2.75, 3.05) is 5.75 Å². The van der Waals surface area contributed by atoms with E-state index in [4.69, 9.17) is 5.73 Å². The molecule has 31 heavy (non-hydrogen) atoms. The molecule has 0 saturated heterocycles. The van der Waals surface area contributed by atoms with E-state index >= 15 is 0 Å². The maximum absolute atomic E-state index is 11.7. The van der Waals surface area contributed by atoms with Crippen LogP contribution in [0.15, 0.2) is 64.1 Å². The number of benzene rings is 2. The molecule has 0 fully saturated rings. The normalized spacial score (nSPS) is 11.0. The lowest BCUT2D eigenvalue weighted by atomic mass is 10.3. The Morgan fingerprint density at radius 1 is 1.03 bits per heavy atom. The Morgan fingerprint density at radius 2 is 1.81 bits per heavy atom. The van der Waals surface area contributed by atoms with Gasteiger partial charge in [0.15, 0.2) is 9.50 Å². The zero-order valence-electron chi connectivity index (χ0n) is 16.2. The van der Waals surface area contributed by atoms with Gasteiger partial charge in [0.25, 0.3) is 0 Å². The number of nitrogens with two attached hydrogens (primary N) is 1. The fourth-order valence-corrected chi connectivity index (χ4v) is 5.69. The number of para-hydroxylation sites is 2. The number of aromatic nitrogens is 4. The fraction of sp³-hybridized carbons (Fsp3) is 0.150. The average molecular weight is 471 g/mol. The molecule has 0 unspecified atom stereocenters. The Morgan fingerprint density at radius 3 is 2.58 bits per heavy atom. The topological polar surface area (TPSA) is 116 Å². The minimum Gasteiger partial charge on any atom is -0.351 e. The first-order valence-corrected chi connectivity index (χ1v) is 12.1. The molecule has 8 nitrogen and oxygen atoms in total. The molecule has 3 N–H and O–H groups in total. The SMILES string of the molecule is NC(=O)NC(=O)CCSc1nnc(CSc2nc3ccccc3s2)n1-c1ccccc1. The van der Waals surface area contributed by atoms with Crippen molar-refractivity contribution in [1.29, 1.82) is 0 Å². The van der Waals surface area contributed by atoms with Gasteiger partial charge in [-0.25, -0.2) is 9.78 Å². The van der Waals surface area contributed by atoms with Crippen molar-refractivity contribution in [1.82, 2.24) is 25.1 Å². The number of thiazole rings is 1. The molecule has 0 radical (unpaired) electrons. The first-order chi connectivity index (χ1) is 15.1. The second kappa shape index (κ2) is 9.94. The van der Waals surface area contributed by atoms with E-state index < -0.39 is 11.9 Å². The zero-order chi connectivity index (χ0) is 21.6. The highest BCUT2D eigenvalue weighted by Crippen LogP contribution is 2.32. The van der Waals surface area contributed by atoms with E-state index in [1.807, 2.05) is 53.1 Å². The van der Waals surface area contributed by atoms with Gasteiger partial charge in [-0.15, -0.1) is 21.5 Å². The molecule has 11 heteroatoms. The van der Waals surface area contributed by atoms with Crippen molar-refractivity contribution >= 4 is 57.0 Å². The molecule has 4 rings (SSSR count). The molecule has 158 valence electrons. The van der Waals surface area contributed by atoms with E-state index in [1.165, 1.54) is 11.8 Å². The van der Waals surface area contributed by atoms with Crippen molar-refractivity contribution in [2.24, 2.45) is 5.73 Å². The summed E-state index contributed by atoms with van der Waals surface area (Å²) in [5.41, 5.74) is 6.91. The summed E-state index contributed by atoms with van der Waals surface area (Å²) in [6, 6.07) is 17.0. The van der Waals surface area contributed by atoms with Crippen molar-refractivity contribution in [3.05, 3.63) is 60.4 Å². The summed E-state index contributed by atoms with van der Waals surface area (Å²) in [6.07, 6.45) is 0.144. The average Bonchev–Trinajstić information content (AvgIpc) is 3.36. The molecule has 2 heterocycles. The van der Waals surface area contributed by atoms with Gasteiger partial charge >= 0.3 is 6.03 Å². The van der Waals surface area contributed by atoms with E-state index in [0.29, 0.717) is 16.7 Å². The Hall–Kier alpha value is -2.89. The number of rotatable bonds is 8. The first-order valence-electron chi connectivity index (χ1n) is 9.30. The largest absolute Gasteiger partial charge is 0.351 e. The number of hydrogen-bond donors (Lipinski definition) is 2. The second-order valence-electron chi connectivity index (χ2n) is 6.32. The van der Waals surface area contributed by atoms with Gasteiger partial charge in [-0.2, -0.15) is 0 Å². The van der Waals surface area contributed by atoms with Crippen LogP contribution in [0.2, 0.25) is 0 Å². The van der Waals surface area contributed by atoms with Crippen LogP contribution < -0.4 is 11.1 Å². The monoisotopic (exact) mass is 470 g/mol. The molecule has 4 aromatic rings. The number of urea groups is 1. The van der Waals surface area contributed by atoms with Gasteiger partial charge in [0.1, 0.15) is 5.82 Å². The minimum atomic E-state index is -0.850. The molecule has 0 spiro atoms. The maximum Gasteiger partial charge on any atom is 0.318 e. The van der Waals surface area contributed by atoms with Gasteiger partial charge in [-0.05, 0) is 24.3 Å². The van der Waals surface area contributed by atoms with Gasteiger partial charge in [-0.1, -0.05) is 53.9 Å². The number of primary amides is 1. The zero-order valence-corrected chi connectivity index (χ0v) is 18.7. The van der Waals surface area contributed by atoms with Gasteiger partial charge in [0, 0.05) is 17.9 Å². The number of thioether (sulfide) groups is 2. The fourth-order valence-electron chi connectivity index (χ4n) is 2.80. The Labute approximate surface area is 190 Å². The maximum atomic E-state index is 11.7. The first kappa shape index (κ1) is 21.3. The highest BCUT2D eigenvalue weighted by atomic mass is 32.2. The van der Waals surface area contributed by atoms with Crippen LogP contribution in [0, 0.1) is 0 Å². The van der Waals surface area contributed by atoms with Gasteiger partial charge in [-0.3, -0.25) is 14.7 Å². The summed E-state index contributed by atoms with van der Waals surface area (Å²) in [5, 5.41) is 11.5. The lowest BCUT2D eigenvalue weighted by Gasteiger charge is -2.09. The van der Waals surface area contributed by atoms with Crippen molar-refractivity contribution < 1.29 is 9.59 Å². The number of nitrogens with one attached hydrogen (secondary N) is 1. The van der Waals surface area contributed by atoms with E-state index in [1.54, 1.807) is 23.1 Å². The molecule has 0 atom stereocenters. The van der Waals surface area contributed by atoms with Crippen LogP contribution in [0.5, 0.6) is 0 Å². The van der Waals surface area contributed by atoms with Gasteiger partial charge in [0.2, 0.25) is 5.91 Å². The van der Waals surface area contributed by atoms with Gasteiger partial charge in [0.05, 0.1) is 16.0 Å². The summed E-state index contributed by atoms with van der Waals surface area (Å²) >= 11 is 4.67. The second-order valence-corrected chi connectivity index (χ2v) is 9.63. The standard InChI is InChI=1S/C20H18N6O2S3/c21-18(28)23-17(27)10-11-29-19-25-24-16(26(19)13-6-2-1-3-7-13)12-30-20-22-14-8-4-5-9-15(14)31-20/h1-9H,10-12H2,(H3,21,23,27,28). The van der Waals surface area contributed by atoms with Crippen LogP contribution in [-0.4, -0.2) is 37.4 Å². The molecular weight excluding hydrogens is 452 g/mol. The molecule has 2 aromatic heterocycles. The molecule has 0 saturated carbocycles. The number of fused-ring (bicyclic) bond motifs is 1. The van der Waals surface area contributed by atoms with E-state index in [-0.39, 0.29) is 6.42 Å². The molecule has 0 bridgehead atoms. The number of hydrogen-bond acceptors (Lipinski definition) is 8. The van der Waals surface area contributed by atoms with Crippen LogP contribution in [0.1, 0.15) is 12.2 Å². The predicted octanol–water partition coefficient (Wildman–Crippen LogP) is 3.85. The number of amides is 3. The van der Waals surface area contributed by atoms with Crippen molar-refractivity contribution in [3.63, 3.8) is 0 Å². The highest BCUT2D eigenvalue weighted by molar-refractivity contribution is 8.00. The number of nitrogens with zero attached hydrogens (tertiary/aromatic N) is 4. The van der Waals surface area contributed by atoms with Crippen LogP contribution in [0.25, 0.3) is 15.9 Å². The Bertz CT molecular complexity index is 1180. The Balaban J connectivity index is 1.50. The van der Waals surface area contributed by atoms with E-state index in [2.05, 4.69) is 26.6 Å². The van der Waals surface area contributed by atoms with Gasteiger partial charge < -0.3 is 5.73 Å². The van der Waals surface area contributed by atoms with Crippen LogP contribution in [0.4, 0.5) is 4.79 Å². The van der Waals surface area contributed by atoms with E-state index in [9.17, 15) is 9.59 Å². The summed E-state index contributed by atoms with van der Waals surface area (Å²) in [5.74, 6) is 1.41. The third-order valence-electron chi connectivity index (χ3n) is 4.14. The predicted molar refractivity (Wildman–Crippen MR) is 124 cm³/mol. The minimum absolute atomic E-state index is 0.144. The summed E-state index contributed by atoms with van der Waals surface area (Å²) in [4.78, 5) is 27.1. The van der Waals surface area contributed by atoms with Crippen molar-refractivity contribution in [3.8, 4) is 5.69 Å². The third kappa shape index (κ3) is 5.43. The lowest BCUT2D eigenvalue weighted by molar-refractivity contribution is -0.119. The van der Waals surface area contributed by atoms with Crippen LogP contribution >= 0.6 is 34.9 Å². The summed E-state index contributed by atoms with van der Waals surface area (Å²) in [6.45, 7) is 0. The van der Waals surface area contributed by atoms with Crippen LogP contribution in [-0.2, 0) is 10.5 Å². The molecule has 0 aliphatic heterocycles. The van der Waals surface area contributed by atoms with Crippen molar-refractivity contribution in [2.45, 2.75) is 21.7 Å². The third-order valence-corrected chi connectivity index (χ3v) is 7.24. The summed E-state index contributed by atoms with van der Waals surface area (Å²) in [7, 11) is 0. The lowest BCUT2D eigenvalue weighted by Crippen LogP contribution is -2.35. The van der Waals surface area contributed by atoms with Crippen LogP contribution in [0.3, 0.4) is 0 Å². The molecule has 0 aliphatic carbocycles. The summed E-state index contributed by atoms with van der Waals surface area (Å²) < 4.78 is 4.11. The smallest absolute Gasteiger partial charge is 0.318 e. The highest BCUT2D eigenvalue weighted by Gasteiger charge is 2.16. The number of imide groups is 1. The Kier molecular flexibility index (Phi) is 6.85. The molecule has 2 aromatic carbocycles. The molecule has 0 aliphatic rings. The quantitative estimate of drug-likeness (QED) is 0.376. The van der Waals surface area contributed by atoms with E-state index in [0.717, 1.165) is 26.1 Å². The molecule has 3 amide bonds. The molecular formula is C20H18N6O2S3. The number of carbonyl (C=O) groups is 2.